The summed E-state index contributed by atoms with van der Waals surface area (Å²) in [5.74, 6) is 0. The summed E-state index contributed by atoms with van der Waals surface area (Å²) in [5, 5.41) is 9.29. The number of hydrogen-bond acceptors (Lipinski definition) is 1. The van der Waals surface area contributed by atoms with Crippen molar-refractivity contribution in [2.24, 2.45) is 0 Å². The first-order chi connectivity index (χ1) is 5.81. The molecule has 1 atom stereocenters. The number of aliphatic hydroxyl groups excluding tert-OH is 1. The molecule has 0 aliphatic rings. The van der Waals surface area contributed by atoms with Crippen molar-refractivity contribution in [1.82, 2.24) is 0 Å². The molecule has 0 aromatic heterocycles. The summed E-state index contributed by atoms with van der Waals surface area (Å²) in [6.07, 6.45) is 11.8. The van der Waals surface area contributed by atoms with Crippen molar-refractivity contribution in [3.05, 3.63) is 24.3 Å². The molecule has 1 nitrogen and oxygen atoms in total. The Labute approximate surface area is 75.8 Å². The SMILES string of the molecule is CCC/C=C\C=C\C(O)CCC. The normalized spacial score (nSPS) is 14.6. The van der Waals surface area contributed by atoms with Gasteiger partial charge in [0.1, 0.15) is 0 Å². The van der Waals surface area contributed by atoms with Gasteiger partial charge in [-0.15, -0.1) is 0 Å². The molecule has 12 heavy (non-hydrogen) atoms. The van der Waals surface area contributed by atoms with Gasteiger partial charge in [0.25, 0.3) is 0 Å². The van der Waals surface area contributed by atoms with Crippen LogP contribution >= 0.6 is 0 Å². The maximum atomic E-state index is 9.29. The van der Waals surface area contributed by atoms with Crippen LogP contribution < -0.4 is 0 Å². The van der Waals surface area contributed by atoms with E-state index in [9.17, 15) is 5.11 Å². The van der Waals surface area contributed by atoms with E-state index in [4.69, 9.17) is 0 Å². The Balaban J connectivity index is 3.46. The summed E-state index contributed by atoms with van der Waals surface area (Å²) in [7, 11) is 0. The minimum atomic E-state index is -0.263. The average Bonchev–Trinajstić information content (AvgIpc) is 2.05. The van der Waals surface area contributed by atoms with Gasteiger partial charge in [-0.1, -0.05) is 51.0 Å². The third kappa shape index (κ3) is 7.55. The molecule has 0 radical (unpaired) electrons. The van der Waals surface area contributed by atoms with Gasteiger partial charge >= 0.3 is 0 Å². The molecule has 0 aromatic carbocycles. The van der Waals surface area contributed by atoms with Crippen LogP contribution in [0.25, 0.3) is 0 Å². The molecule has 0 saturated carbocycles. The number of aliphatic hydroxyl groups is 1. The standard InChI is InChI=1S/C11H20O/c1-3-5-6-7-8-10-11(12)9-4-2/h6-8,10-12H,3-5,9H2,1-2H3/b7-6-,10-8+. The van der Waals surface area contributed by atoms with Gasteiger partial charge in [0.05, 0.1) is 6.10 Å². The number of unbranched alkanes of at least 4 members (excludes halogenated alkanes) is 1. The molecule has 0 fully saturated rings. The monoisotopic (exact) mass is 168 g/mol. The fourth-order valence-electron chi connectivity index (χ4n) is 0.926. The van der Waals surface area contributed by atoms with Crippen molar-refractivity contribution in [3.8, 4) is 0 Å². The number of hydrogen-bond donors (Lipinski definition) is 1. The van der Waals surface area contributed by atoms with E-state index in [1.165, 1.54) is 6.42 Å². The Bertz CT molecular complexity index is 136. The van der Waals surface area contributed by atoms with E-state index in [1.807, 2.05) is 18.2 Å². The molecule has 1 heteroatoms. The van der Waals surface area contributed by atoms with Crippen LogP contribution in [0.2, 0.25) is 0 Å². The van der Waals surface area contributed by atoms with Gasteiger partial charge in [0.2, 0.25) is 0 Å². The van der Waals surface area contributed by atoms with Crippen molar-refractivity contribution in [2.45, 2.75) is 45.6 Å². The highest BCUT2D eigenvalue weighted by atomic mass is 16.3. The second kappa shape index (κ2) is 8.54. The lowest BCUT2D eigenvalue weighted by Gasteiger charge is -1.99. The third-order valence-electron chi connectivity index (χ3n) is 1.62. The third-order valence-corrected chi connectivity index (χ3v) is 1.62. The lowest BCUT2D eigenvalue weighted by atomic mass is 10.2. The molecule has 70 valence electrons. The van der Waals surface area contributed by atoms with E-state index in [-0.39, 0.29) is 6.10 Å². The van der Waals surface area contributed by atoms with Crippen molar-refractivity contribution in [3.63, 3.8) is 0 Å². The number of rotatable bonds is 6. The Morgan fingerprint density at radius 2 is 1.92 bits per heavy atom. The minimum absolute atomic E-state index is 0.263. The van der Waals surface area contributed by atoms with Crippen LogP contribution in [0.3, 0.4) is 0 Å². The summed E-state index contributed by atoms with van der Waals surface area (Å²) in [4.78, 5) is 0. The van der Waals surface area contributed by atoms with E-state index in [0.717, 1.165) is 19.3 Å². The molecule has 0 rings (SSSR count). The zero-order valence-corrected chi connectivity index (χ0v) is 8.16. The molecule has 0 amide bonds. The van der Waals surface area contributed by atoms with Gasteiger partial charge in [-0.25, -0.2) is 0 Å². The van der Waals surface area contributed by atoms with Crippen LogP contribution in [0.5, 0.6) is 0 Å². The topological polar surface area (TPSA) is 20.2 Å². The van der Waals surface area contributed by atoms with Crippen molar-refractivity contribution in [2.75, 3.05) is 0 Å². The maximum absolute atomic E-state index is 9.29. The summed E-state index contributed by atoms with van der Waals surface area (Å²) in [6.45, 7) is 4.23. The second-order valence-corrected chi connectivity index (χ2v) is 2.96. The van der Waals surface area contributed by atoms with Crippen LogP contribution in [-0.2, 0) is 0 Å². The Kier molecular flexibility index (Phi) is 8.14. The summed E-state index contributed by atoms with van der Waals surface area (Å²) in [6, 6.07) is 0. The van der Waals surface area contributed by atoms with Crippen LogP contribution in [0.4, 0.5) is 0 Å². The van der Waals surface area contributed by atoms with Gasteiger partial charge in [-0.05, 0) is 12.8 Å². The molecule has 0 heterocycles. The van der Waals surface area contributed by atoms with E-state index in [0.29, 0.717) is 0 Å². The second-order valence-electron chi connectivity index (χ2n) is 2.96. The molecule has 0 bridgehead atoms. The van der Waals surface area contributed by atoms with Gasteiger partial charge in [-0.3, -0.25) is 0 Å². The first kappa shape index (κ1) is 11.4. The molecular formula is C11H20O. The Morgan fingerprint density at radius 3 is 2.50 bits per heavy atom. The highest BCUT2D eigenvalue weighted by Gasteiger charge is 1.92. The fourth-order valence-corrected chi connectivity index (χ4v) is 0.926. The van der Waals surface area contributed by atoms with Crippen LogP contribution in [0, 0.1) is 0 Å². The maximum Gasteiger partial charge on any atom is 0.0723 e. The average molecular weight is 168 g/mol. The summed E-state index contributed by atoms with van der Waals surface area (Å²) in [5.41, 5.74) is 0. The summed E-state index contributed by atoms with van der Waals surface area (Å²) < 4.78 is 0. The van der Waals surface area contributed by atoms with Gasteiger partial charge < -0.3 is 5.11 Å². The van der Waals surface area contributed by atoms with Crippen LogP contribution in [0.1, 0.15) is 39.5 Å². The van der Waals surface area contributed by atoms with E-state index < -0.39 is 0 Å². The lowest BCUT2D eigenvalue weighted by Crippen LogP contribution is -1.99. The Hall–Kier alpha value is -0.560. The molecule has 0 aliphatic heterocycles. The first-order valence-electron chi connectivity index (χ1n) is 4.82. The Morgan fingerprint density at radius 1 is 1.17 bits per heavy atom. The largest absolute Gasteiger partial charge is 0.389 e. The lowest BCUT2D eigenvalue weighted by molar-refractivity contribution is 0.211. The molecule has 0 spiro atoms. The van der Waals surface area contributed by atoms with Gasteiger partial charge in [-0.2, -0.15) is 0 Å². The molecule has 0 aliphatic carbocycles. The molecule has 1 N–H and O–H groups in total. The number of allylic oxidation sites excluding steroid dienone is 3. The van der Waals surface area contributed by atoms with Crippen molar-refractivity contribution >= 4 is 0 Å². The van der Waals surface area contributed by atoms with Gasteiger partial charge in [0.15, 0.2) is 0 Å². The van der Waals surface area contributed by atoms with Crippen molar-refractivity contribution < 1.29 is 5.11 Å². The molecule has 1 unspecified atom stereocenters. The zero-order chi connectivity index (χ0) is 9.23. The minimum Gasteiger partial charge on any atom is -0.389 e. The predicted octanol–water partition coefficient (Wildman–Crippen LogP) is 3.06. The zero-order valence-electron chi connectivity index (χ0n) is 8.16. The smallest absolute Gasteiger partial charge is 0.0723 e. The van der Waals surface area contributed by atoms with Crippen LogP contribution in [-0.4, -0.2) is 11.2 Å². The van der Waals surface area contributed by atoms with E-state index in [1.54, 1.807) is 0 Å². The first-order valence-corrected chi connectivity index (χ1v) is 4.82. The fraction of sp³-hybridized carbons (Fsp3) is 0.636. The quantitative estimate of drug-likeness (QED) is 0.604. The molecule has 0 aromatic rings. The van der Waals surface area contributed by atoms with Crippen molar-refractivity contribution in [1.29, 1.82) is 0 Å². The predicted molar refractivity (Wildman–Crippen MR) is 54.1 cm³/mol. The highest BCUT2D eigenvalue weighted by molar-refractivity contribution is 5.04. The highest BCUT2D eigenvalue weighted by Crippen LogP contribution is 1.97. The summed E-state index contributed by atoms with van der Waals surface area (Å²) >= 11 is 0. The molecular weight excluding hydrogens is 148 g/mol. The molecule has 0 saturated heterocycles. The van der Waals surface area contributed by atoms with Gasteiger partial charge in [0, 0.05) is 0 Å². The van der Waals surface area contributed by atoms with E-state index in [2.05, 4.69) is 19.9 Å². The van der Waals surface area contributed by atoms with Crippen LogP contribution in [0.15, 0.2) is 24.3 Å². The van der Waals surface area contributed by atoms with E-state index >= 15 is 0 Å².